The van der Waals surface area contributed by atoms with E-state index in [0.717, 1.165) is 0 Å². The molecule has 3 aromatic rings. The second-order valence-corrected chi connectivity index (χ2v) is 8.59. The molecule has 12 heteroatoms. The van der Waals surface area contributed by atoms with Crippen molar-refractivity contribution < 1.29 is 39.2 Å². The number of nitrogens with one attached hydrogen (secondary N) is 1. The molecular formula is C25H21N3O9. The molecule has 0 spiro atoms. The minimum atomic E-state index is -1.59. The van der Waals surface area contributed by atoms with Crippen LogP contribution in [0.3, 0.4) is 0 Å². The largest absolute Gasteiger partial charge is 0.489 e. The van der Waals surface area contributed by atoms with Crippen LogP contribution in [0, 0.1) is 0 Å². The van der Waals surface area contributed by atoms with E-state index in [1.165, 1.54) is 4.57 Å². The van der Waals surface area contributed by atoms with Gasteiger partial charge in [-0.15, -0.1) is 0 Å². The topological polar surface area (TPSA) is 177 Å². The minimum absolute atomic E-state index is 0.00128. The average molecular weight is 507 g/mol. The van der Waals surface area contributed by atoms with E-state index in [9.17, 15) is 24.3 Å². The van der Waals surface area contributed by atoms with Gasteiger partial charge in [-0.05, 0) is 29.8 Å². The molecule has 1 aromatic carbocycles. The summed E-state index contributed by atoms with van der Waals surface area (Å²) < 4.78 is 11.9. The lowest BCUT2D eigenvalue weighted by Gasteiger charge is -2.21. The number of esters is 1. The number of carbonyl (C=O) groups excluding carboxylic acids is 2. The summed E-state index contributed by atoms with van der Waals surface area (Å²) in [6, 6.07) is 6.45. The smallest absolute Gasteiger partial charge is 0.340 e. The summed E-state index contributed by atoms with van der Waals surface area (Å²) in [7, 11) is 0. The van der Waals surface area contributed by atoms with E-state index in [-0.39, 0.29) is 43.0 Å². The number of amides is 1. The first-order chi connectivity index (χ1) is 17.7. The van der Waals surface area contributed by atoms with Gasteiger partial charge in [0.15, 0.2) is 6.10 Å². The van der Waals surface area contributed by atoms with Crippen LogP contribution in [-0.4, -0.2) is 55.9 Å². The molecule has 4 heterocycles. The molecule has 2 aromatic heterocycles. The van der Waals surface area contributed by atoms with E-state index in [2.05, 4.69) is 11.9 Å². The van der Waals surface area contributed by atoms with Crippen molar-refractivity contribution in [2.75, 3.05) is 13.2 Å². The number of nitrogens with zero attached hydrogens (tertiary/aromatic N) is 2. The van der Waals surface area contributed by atoms with Crippen molar-refractivity contribution in [3.63, 3.8) is 0 Å². The lowest BCUT2D eigenvalue weighted by Crippen LogP contribution is -2.32. The third-order valence-corrected chi connectivity index (χ3v) is 6.37. The minimum Gasteiger partial charge on any atom is -0.489 e. The van der Waals surface area contributed by atoms with Crippen LogP contribution >= 0.6 is 0 Å². The number of hydrogen-bond acceptors (Lipinski definition) is 9. The molecule has 12 nitrogen and oxygen atoms in total. The van der Waals surface area contributed by atoms with Crippen molar-refractivity contribution in [2.45, 2.75) is 25.8 Å². The van der Waals surface area contributed by atoms with Crippen molar-refractivity contribution in [3.05, 3.63) is 69.0 Å². The highest BCUT2D eigenvalue weighted by Crippen LogP contribution is 2.38. The standard InChI is InChI=1S/C25H21N3O9/c1-11(24(33)34)9-36-12-2-3-18-13(4-12)15(6-26-20(30)8-29)16-7-28-19(21(16)27-18)5-14-17(23(28)32)10-37-25(35)22(14)31/h2-5,22,29,31H,1,6-10H2,(H,26,30)(H,33,34). The highest BCUT2D eigenvalue weighted by atomic mass is 16.5. The van der Waals surface area contributed by atoms with Gasteiger partial charge in [-0.1, -0.05) is 6.58 Å². The quantitative estimate of drug-likeness (QED) is 0.199. The maximum Gasteiger partial charge on any atom is 0.340 e. The van der Waals surface area contributed by atoms with Gasteiger partial charge in [0.05, 0.1) is 34.6 Å². The maximum atomic E-state index is 13.3. The summed E-state index contributed by atoms with van der Waals surface area (Å²) in [6.45, 7) is 2.34. The number of carboxylic acids is 1. The third kappa shape index (κ3) is 4.11. The number of carbonyl (C=O) groups is 3. The van der Waals surface area contributed by atoms with E-state index >= 15 is 0 Å². The molecule has 0 aliphatic carbocycles. The van der Waals surface area contributed by atoms with Gasteiger partial charge in [0.1, 0.15) is 25.6 Å². The number of benzene rings is 1. The van der Waals surface area contributed by atoms with Crippen LogP contribution in [-0.2, 0) is 38.8 Å². The molecule has 190 valence electrons. The average Bonchev–Trinajstić information content (AvgIpc) is 3.25. The Morgan fingerprint density at radius 3 is 2.76 bits per heavy atom. The zero-order valence-corrected chi connectivity index (χ0v) is 19.3. The fraction of sp³-hybridized carbons (Fsp3) is 0.240. The Morgan fingerprint density at radius 2 is 2.03 bits per heavy atom. The first kappa shape index (κ1) is 24.2. The SMILES string of the molecule is C=C(COc1ccc2nc3c(c(CNC(=O)CO)c2c1)Cn1c-3cc2c(c1=O)COC(=O)C2O)C(=O)O. The number of aromatic nitrogens is 2. The van der Waals surface area contributed by atoms with E-state index in [0.29, 0.717) is 39.2 Å². The Labute approximate surface area is 208 Å². The van der Waals surface area contributed by atoms with Crippen molar-refractivity contribution in [1.29, 1.82) is 0 Å². The van der Waals surface area contributed by atoms with Crippen LogP contribution in [0.2, 0.25) is 0 Å². The van der Waals surface area contributed by atoms with Gasteiger partial charge >= 0.3 is 11.9 Å². The monoisotopic (exact) mass is 507 g/mol. The zero-order chi connectivity index (χ0) is 26.4. The molecule has 2 aliphatic heterocycles. The van der Waals surface area contributed by atoms with Crippen LogP contribution in [0.5, 0.6) is 5.75 Å². The predicted octanol–water partition coefficient (Wildman–Crippen LogP) is 0.143. The van der Waals surface area contributed by atoms with Crippen molar-refractivity contribution >= 4 is 28.7 Å². The Morgan fingerprint density at radius 1 is 1.24 bits per heavy atom. The van der Waals surface area contributed by atoms with Crippen molar-refractivity contribution in [2.24, 2.45) is 0 Å². The van der Waals surface area contributed by atoms with Crippen LogP contribution in [0.25, 0.3) is 22.3 Å². The summed E-state index contributed by atoms with van der Waals surface area (Å²) in [5.41, 5.74) is 2.36. The summed E-state index contributed by atoms with van der Waals surface area (Å²) in [5, 5.41) is 31.7. The molecule has 1 atom stereocenters. The Bertz CT molecular complexity index is 1570. The van der Waals surface area contributed by atoms with Crippen molar-refractivity contribution in [1.82, 2.24) is 14.9 Å². The van der Waals surface area contributed by atoms with Gasteiger partial charge in [-0.3, -0.25) is 9.59 Å². The van der Waals surface area contributed by atoms with Gasteiger partial charge in [0.2, 0.25) is 5.91 Å². The van der Waals surface area contributed by atoms with E-state index in [1.54, 1.807) is 24.3 Å². The van der Waals surface area contributed by atoms with Crippen molar-refractivity contribution in [3.8, 4) is 17.1 Å². The number of carboxylic acid groups (broad SMARTS) is 1. The Balaban J connectivity index is 1.65. The highest BCUT2D eigenvalue weighted by Gasteiger charge is 2.34. The van der Waals surface area contributed by atoms with Gasteiger partial charge in [0, 0.05) is 23.1 Å². The summed E-state index contributed by atoms with van der Waals surface area (Å²) in [6.07, 6.45) is -1.59. The number of cyclic esters (lactones) is 1. The number of hydrogen-bond donors (Lipinski definition) is 4. The fourth-order valence-electron chi connectivity index (χ4n) is 4.45. The summed E-state index contributed by atoms with van der Waals surface area (Å²) >= 11 is 0. The summed E-state index contributed by atoms with van der Waals surface area (Å²) in [4.78, 5) is 52.7. The van der Waals surface area contributed by atoms with E-state index in [4.69, 9.17) is 24.7 Å². The van der Waals surface area contributed by atoms with Gasteiger partial charge in [-0.2, -0.15) is 0 Å². The first-order valence-corrected chi connectivity index (χ1v) is 11.2. The van der Waals surface area contributed by atoms with Gasteiger partial charge in [-0.25, -0.2) is 14.6 Å². The number of aliphatic carboxylic acids is 1. The molecule has 4 N–H and O–H groups in total. The Hall–Kier alpha value is -4.55. The molecule has 2 aliphatic rings. The molecule has 0 radical (unpaired) electrons. The molecule has 1 unspecified atom stereocenters. The fourth-order valence-corrected chi connectivity index (χ4v) is 4.45. The van der Waals surface area contributed by atoms with Gasteiger partial charge in [0.25, 0.3) is 5.56 Å². The lowest BCUT2D eigenvalue weighted by molar-refractivity contribution is -0.157. The predicted molar refractivity (Wildman–Crippen MR) is 127 cm³/mol. The molecule has 1 amide bonds. The highest BCUT2D eigenvalue weighted by molar-refractivity contribution is 5.90. The summed E-state index contributed by atoms with van der Waals surface area (Å²) in [5.74, 6) is -2.29. The first-order valence-electron chi connectivity index (χ1n) is 11.2. The number of fused-ring (bicyclic) bond motifs is 5. The zero-order valence-electron chi connectivity index (χ0n) is 19.3. The maximum absolute atomic E-state index is 13.3. The second-order valence-electron chi connectivity index (χ2n) is 8.59. The van der Waals surface area contributed by atoms with E-state index in [1.807, 2.05) is 0 Å². The normalized spacial score (nSPS) is 15.4. The number of aliphatic hydroxyl groups excluding tert-OH is 2. The molecule has 37 heavy (non-hydrogen) atoms. The van der Waals surface area contributed by atoms with Crippen LogP contribution in [0.4, 0.5) is 0 Å². The Kier molecular flexibility index (Phi) is 5.97. The third-order valence-electron chi connectivity index (χ3n) is 6.37. The molecular weight excluding hydrogens is 486 g/mol. The van der Waals surface area contributed by atoms with Crippen LogP contribution < -0.4 is 15.6 Å². The number of pyridine rings is 2. The second kappa shape index (κ2) is 9.15. The molecule has 5 rings (SSSR count). The molecule has 0 saturated carbocycles. The molecule has 0 saturated heterocycles. The van der Waals surface area contributed by atoms with Gasteiger partial charge < -0.3 is 34.7 Å². The van der Waals surface area contributed by atoms with Crippen LogP contribution in [0.15, 0.2) is 41.2 Å². The molecule has 0 bridgehead atoms. The lowest BCUT2D eigenvalue weighted by atomic mass is 9.98. The number of ether oxygens (including phenoxy) is 2. The number of rotatable bonds is 7. The number of aliphatic hydroxyl groups is 2. The van der Waals surface area contributed by atoms with E-state index < -0.39 is 36.1 Å². The molecule has 0 fully saturated rings. The van der Waals surface area contributed by atoms with Crippen LogP contribution in [0.1, 0.15) is 28.4 Å².